The van der Waals surface area contributed by atoms with Crippen LogP contribution in [-0.2, 0) is 9.59 Å². The average molecular weight is 453 g/mol. The SMILES string of the molecule is CCN1C(=O)C(C#N)=C(C)/C(=C\c2cn(-c3ccc([N+](=O)[O-])cc3)nc2-c2ccccc2)C1=O. The van der Waals surface area contributed by atoms with Crippen LogP contribution >= 0.6 is 0 Å². The van der Waals surface area contributed by atoms with Crippen LogP contribution in [0.2, 0.25) is 0 Å². The summed E-state index contributed by atoms with van der Waals surface area (Å²) in [6, 6.07) is 17.2. The predicted octanol–water partition coefficient (Wildman–Crippen LogP) is 4.06. The number of likely N-dealkylation sites (N-methyl/N-ethyl adjacent to an activating group) is 1. The molecule has 0 radical (unpaired) electrons. The van der Waals surface area contributed by atoms with Crippen LogP contribution in [0.25, 0.3) is 23.0 Å². The Kier molecular flexibility index (Phi) is 5.89. The van der Waals surface area contributed by atoms with Gasteiger partial charge in [-0.15, -0.1) is 0 Å². The number of amides is 2. The predicted molar refractivity (Wildman–Crippen MR) is 124 cm³/mol. The van der Waals surface area contributed by atoms with E-state index in [1.807, 2.05) is 36.4 Å². The van der Waals surface area contributed by atoms with Crippen LogP contribution in [0.5, 0.6) is 0 Å². The fourth-order valence-corrected chi connectivity index (χ4v) is 3.75. The summed E-state index contributed by atoms with van der Waals surface area (Å²) < 4.78 is 1.57. The van der Waals surface area contributed by atoms with Crippen LogP contribution in [-0.4, -0.2) is 38.0 Å². The van der Waals surface area contributed by atoms with Gasteiger partial charge in [-0.25, -0.2) is 4.68 Å². The number of nitro groups is 1. The van der Waals surface area contributed by atoms with Crippen LogP contribution < -0.4 is 0 Å². The Labute approximate surface area is 195 Å². The topological polar surface area (TPSA) is 122 Å². The van der Waals surface area contributed by atoms with Gasteiger partial charge in [-0.05, 0) is 37.6 Å². The highest BCUT2D eigenvalue weighted by molar-refractivity contribution is 6.19. The van der Waals surface area contributed by atoms with E-state index < -0.39 is 16.7 Å². The van der Waals surface area contributed by atoms with Crippen molar-refractivity contribution < 1.29 is 14.5 Å². The van der Waals surface area contributed by atoms with Crippen molar-refractivity contribution in [2.75, 3.05) is 6.54 Å². The molecule has 2 heterocycles. The molecule has 1 aliphatic heterocycles. The maximum Gasteiger partial charge on any atom is 0.271 e. The van der Waals surface area contributed by atoms with Crippen molar-refractivity contribution in [2.24, 2.45) is 0 Å². The summed E-state index contributed by atoms with van der Waals surface area (Å²) in [5.74, 6) is -1.08. The molecule has 0 N–H and O–H groups in total. The number of carbonyl (C=O) groups excluding carboxylic acids is 2. The summed E-state index contributed by atoms with van der Waals surface area (Å²) in [6.07, 6.45) is 3.33. The molecule has 0 saturated carbocycles. The number of nitriles is 1. The molecule has 168 valence electrons. The lowest BCUT2D eigenvalue weighted by Crippen LogP contribution is -2.42. The smallest absolute Gasteiger partial charge is 0.271 e. The van der Waals surface area contributed by atoms with E-state index in [9.17, 15) is 25.0 Å². The molecule has 0 spiro atoms. The molecule has 9 heteroatoms. The van der Waals surface area contributed by atoms with Crippen LogP contribution in [0.15, 0.2) is 77.5 Å². The van der Waals surface area contributed by atoms with Gasteiger partial charge in [0.2, 0.25) is 0 Å². The molecule has 0 saturated heterocycles. The van der Waals surface area contributed by atoms with Crippen LogP contribution in [0.1, 0.15) is 19.4 Å². The second-order valence-corrected chi connectivity index (χ2v) is 7.54. The van der Waals surface area contributed by atoms with Crippen molar-refractivity contribution in [1.82, 2.24) is 14.7 Å². The highest BCUT2D eigenvalue weighted by atomic mass is 16.6. The molecule has 0 fully saturated rings. The number of nitro benzene ring substituents is 1. The molecule has 2 aromatic carbocycles. The van der Waals surface area contributed by atoms with E-state index in [0.717, 1.165) is 10.5 Å². The number of carbonyl (C=O) groups is 2. The van der Waals surface area contributed by atoms with Gasteiger partial charge in [-0.2, -0.15) is 10.4 Å². The molecule has 0 bridgehead atoms. The molecule has 0 atom stereocenters. The summed E-state index contributed by atoms with van der Waals surface area (Å²) in [7, 11) is 0. The lowest BCUT2D eigenvalue weighted by Gasteiger charge is -2.26. The molecule has 1 aromatic heterocycles. The summed E-state index contributed by atoms with van der Waals surface area (Å²) >= 11 is 0. The first-order valence-corrected chi connectivity index (χ1v) is 10.4. The van der Waals surface area contributed by atoms with E-state index >= 15 is 0 Å². The van der Waals surface area contributed by atoms with Gasteiger partial charge in [-0.3, -0.25) is 24.6 Å². The summed E-state index contributed by atoms with van der Waals surface area (Å²) in [6.45, 7) is 3.39. The number of imide groups is 1. The van der Waals surface area contributed by atoms with Crippen molar-refractivity contribution >= 4 is 23.6 Å². The number of hydrogen-bond donors (Lipinski definition) is 0. The molecule has 4 rings (SSSR count). The summed E-state index contributed by atoms with van der Waals surface area (Å²) in [5, 5.41) is 25.2. The summed E-state index contributed by atoms with van der Waals surface area (Å²) in [5.41, 5.74) is 2.99. The van der Waals surface area contributed by atoms with E-state index in [4.69, 9.17) is 0 Å². The van der Waals surface area contributed by atoms with Crippen LogP contribution in [0, 0.1) is 21.4 Å². The molecular weight excluding hydrogens is 434 g/mol. The van der Waals surface area contributed by atoms with Crippen LogP contribution in [0.3, 0.4) is 0 Å². The zero-order chi connectivity index (χ0) is 24.4. The molecule has 34 heavy (non-hydrogen) atoms. The van der Waals surface area contributed by atoms with Crippen molar-refractivity contribution in [1.29, 1.82) is 5.26 Å². The minimum absolute atomic E-state index is 0.0385. The molecule has 0 aliphatic carbocycles. The molecule has 3 aromatic rings. The first-order chi connectivity index (χ1) is 16.3. The van der Waals surface area contributed by atoms with E-state index in [1.54, 1.807) is 42.9 Å². The highest BCUT2D eigenvalue weighted by Gasteiger charge is 2.34. The van der Waals surface area contributed by atoms with E-state index in [-0.39, 0.29) is 23.4 Å². The molecule has 1 aliphatic rings. The van der Waals surface area contributed by atoms with Gasteiger partial charge in [0.1, 0.15) is 11.6 Å². The van der Waals surface area contributed by atoms with Crippen molar-refractivity contribution in [3.63, 3.8) is 0 Å². The molecular formula is C25H19N5O4. The summed E-state index contributed by atoms with van der Waals surface area (Å²) in [4.78, 5) is 37.1. The van der Waals surface area contributed by atoms with Gasteiger partial charge in [0, 0.05) is 41.6 Å². The highest BCUT2D eigenvalue weighted by Crippen LogP contribution is 2.31. The first-order valence-electron chi connectivity index (χ1n) is 10.4. The Hall–Kier alpha value is -4.84. The molecule has 0 unspecified atom stereocenters. The average Bonchev–Trinajstić information content (AvgIpc) is 3.27. The van der Waals surface area contributed by atoms with Crippen LogP contribution in [0.4, 0.5) is 5.69 Å². The number of aromatic nitrogens is 2. The minimum Gasteiger partial charge on any atom is -0.274 e. The number of nitrogens with zero attached hydrogens (tertiary/aromatic N) is 5. The van der Waals surface area contributed by atoms with Gasteiger partial charge in [0.05, 0.1) is 16.3 Å². The van der Waals surface area contributed by atoms with E-state index in [0.29, 0.717) is 22.5 Å². The Morgan fingerprint density at radius 3 is 2.35 bits per heavy atom. The number of rotatable bonds is 5. The van der Waals surface area contributed by atoms with Gasteiger partial charge in [0.15, 0.2) is 0 Å². The zero-order valence-electron chi connectivity index (χ0n) is 18.4. The molecule has 2 amide bonds. The zero-order valence-corrected chi connectivity index (χ0v) is 18.4. The third kappa shape index (κ3) is 3.89. The Balaban J connectivity index is 1.90. The second kappa shape index (κ2) is 8.96. The maximum atomic E-state index is 13.1. The van der Waals surface area contributed by atoms with Crippen molar-refractivity contribution in [2.45, 2.75) is 13.8 Å². The fourth-order valence-electron chi connectivity index (χ4n) is 3.75. The third-order valence-corrected chi connectivity index (χ3v) is 5.56. The Morgan fingerprint density at radius 2 is 1.76 bits per heavy atom. The monoisotopic (exact) mass is 453 g/mol. The minimum atomic E-state index is -0.602. The van der Waals surface area contributed by atoms with Gasteiger partial charge in [0.25, 0.3) is 17.5 Å². The second-order valence-electron chi connectivity index (χ2n) is 7.54. The number of hydrogen-bond acceptors (Lipinski definition) is 6. The normalized spacial score (nSPS) is 15.1. The lowest BCUT2D eigenvalue weighted by molar-refractivity contribution is -0.384. The maximum absolute atomic E-state index is 13.1. The standard InChI is InChI=1S/C25H19N5O4/c1-3-28-24(31)21(16(2)22(14-26)25(28)32)13-18-15-29(19-9-11-20(12-10-19)30(33)34)27-23(18)17-7-5-4-6-8-17/h4-13,15H,3H2,1-2H3/b21-13+. The largest absolute Gasteiger partial charge is 0.274 e. The third-order valence-electron chi connectivity index (χ3n) is 5.56. The van der Waals surface area contributed by atoms with Gasteiger partial charge >= 0.3 is 0 Å². The fraction of sp³-hybridized carbons (Fsp3) is 0.120. The Bertz CT molecular complexity index is 1410. The first kappa shape index (κ1) is 22.4. The van der Waals surface area contributed by atoms with Crippen molar-refractivity contribution in [3.8, 4) is 23.0 Å². The van der Waals surface area contributed by atoms with Gasteiger partial charge in [-0.1, -0.05) is 30.3 Å². The lowest BCUT2D eigenvalue weighted by atomic mass is 9.93. The number of benzene rings is 2. The number of non-ortho nitro benzene ring substituents is 1. The van der Waals surface area contributed by atoms with Crippen molar-refractivity contribution in [3.05, 3.63) is 93.2 Å². The van der Waals surface area contributed by atoms with E-state index in [1.165, 1.54) is 12.1 Å². The van der Waals surface area contributed by atoms with Gasteiger partial charge < -0.3 is 0 Å². The quantitative estimate of drug-likeness (QED) is 0.248. The molecule has 9 nitrogen and oxygen atoms in total. The van der Waals surface area contributed by atoms with E-state index in [2.05, 4.69) is 5.10 Å². The Morgan fingerprint density at radius 1 is 1.09 bits per heavy atom.